The fourth-order valence-corrected chi connectivity index (χ4v) is 2.06. The minimum Gasteiger partial charge on any atom is -0.0955 e. The van der Waals surface area contributed by atoms with Gasteiger partial charge >= 0.3 is 0 Å². The third-order valence-corrected chi connectivity index (χ3v) is 2.85. The quantitative estimate of drug-likeness (QED) is 0.666. The standard InChI is InChI=1S/C15H16/c1-4-12-7-5-10-15-13(11(2)3)8-6-9-14(12)15/h5-10H,2,4H2,1,3H3. The zero-order valence-corrected chi connectivity index (χ0v) is 9.38. The van der Waals surface area contributed by atoms with Crippen LogP contribution in [-0.4, -0.2) is 0 Å². The molecule has 0 heterocycles. The van der Waals surface area contributed by atoms with Crippen LogP contribution in [0.3, 0.4) is 0 Å². The third-order valence-electron chi connectivity index (χ3n) is 2.85. The topological polar surface area (TPSA) is 0 Å². The lowest BCUT2D eigenvalue weighted by Crippen LogP contribution is -1.87. The van der Waals surface area contributed by atoms with Crippen LogP contribution >= 0.6 is 0 Å². The molecule has 0 saturated carbocycles. The molecule has 76 valence electrons. The van der Waals surface area contributed by atoms with Crippen LogP contribution < -0.4 is 0 Å². The molecule has 0 bridgehead atoms. The molecule has 0 saturated heterocycles. The van der Waals surface area contributed by atoms with Gasteiger partial charge in [0.2, 0.25) is 0 Å². The van der Waals surface area contributed by atoms with Crippen molar-refractivity contribution in [3.8, 4) is 0 Å². The molecule has 0 amide bonds. The van der Waals surface area contributed by atoms with Gasteiger partial charge in [-0.05, 0) is 35.2 Å². The Kier molecular flexibility index (Phi) is 2.59. The summed E-state index contributed by atoms with van der Waals surface area (Å²) in [6, 6.07) is 13.0. The molecule has 0 aromatic heterocycles. The molecule has 0 aliphatic heterocycles. The van der Waals surface area contributed by atoms with Crippen molar-refractivity contribution < 1.29 is 0 Å². The van der Waals surface area contributed by atoms with Crippen molar-refractivity contribution in [3.05, 3.63) is 54.1 Å². The summed E-state index contributed by atoms with van der Waals surface area (Å²) in [6.07, 6.45) is 1.08. The maximum absolute atomic E-state index is 4.03. The van der Waals surface area contributed by atoms with E-state index < -0.39 is 0 Å². The zero-order chi connectivity index (χ0) is 10.8. The molecule has 0 spiro atoms. The van der Waals surface area contributed by atoms with Gasteiger partial charge in [-0.3, -0.25) is 0 Å². The van der Waals surface area contributed by atoms with Crippen LogP contribution in [0.2, 0.25) is 0 Å². The second-order valence-electron chi connectivity index (χ2n) is 3.95. The van der Waals surface area contributed by atoms with E-state index in [1.165, 1.54) is 21.9 Å². The fourth-order valence-electron chi connectivity index (χ4n) is 2.06. The first-order chi connectivity index (χ1) is 7.24. The first kappa shape index (κ1) is 9.97. The van der Waals surface area contributed by atoms with Crippen molar-refractivity contribution in [1.82, 2.24) is 0 Å². The van der Waals surface area contributed by atoms with E-state index in [2.05, 4.69) is 56.8 Å². The molecule has 2 aromatic carbocycles. The summed E-state index contributed by atoms with van der Waals surface area (Å²) in [7, 11) is 0. The van der Waals surface area contributed by atoms with Gasteiger partial charge in [0, 0.05) is 0 Å². The average molecular weight is 196 g/mol. The molecule has 0 fully saturated rings. The number of hydrogen-bond acceptors (Lipinski definition) is 0. The molecule has 0 radical (unpaired) electrons. The van der Waals surface area contributed by atoms with Gasteiger partial charge < -0.3 is 0 Å². The number of fused-ring (bicyclic) bond motifs is 1. The predicted molar refractivity (Wildman–Crippen MR) is 68.0 cm³/mol. The highest BCUT2D eigenvalue weighted by molar-refractivity contribution is 5.95. The highest BCUT2D eigenvalue weighted by Crippen LogP contribution is 2.26. The van der Waals surface area contributed by atoms with E-state index in [-0.39, 0.29) is 0 Å². The Balaban J connectivity index is 2.82. The Bertz CT molecular complexity index is 506. The minimum absolute atomic E-state index is 1.08. The zero-order valence-electron chi connectivity index (χ0n) is 9.38. The smallest absolute Gasteiger partial charge is 0.0106 e. The number of aryl methyl sites for hydroxylation is 1. The number of rotatable bonds is 2. The maximum atomic E-state index is 4.03. The second kappa shape index (κ2) is 3.90. The van der Waals surface area contributed by atoms with E-state index in [0.717, 1.165) is 12.0 Å². The molecule has 0 aliphatic carbocycles. The first-order valence-electron chi connectivity index (χ1n) is 5.40. The summed E-state index contributed by atoms with van der Waals surface area (Å²) in [4.78, 5) is 0. The largest absolute Gasteiger partial charge is 0.0955 e. The first-order valence-corrected chi connectivity index (χ1v) is 5.40. The predicted octanol–water partition coefficient (Wildman–Crippen LogP) is 4.44. The molecule has 15 heavy (non-hydrogen) atoms. The summed E-state index contributed by atoms with van der Waals surface area (Å²) in [5.41, 5.74) is 3.81. The molecule has 2 rings (SSSR count). The van der Waals surface area contributed by atoms with Crippen molar-refractivity contribution >= 4 is 16.3 Å². The van der Waals surface area contributed by atoms with E-state index in [1.54, 1.807) is 0 Å². The summed E-state index contributed by atoms with van der Waals surface area (Å²) in [5.74, 6) is 0. The fraction of sp³-hybridized carbons (Fsp3) is 0.200. The van der Waals surface area contributed by atoms with Crippen LogP contribution in [0.1, 0.15) is 25.0 Å². The van der Waals surface area contributed by atoms with Crippen molar-refractivity contribution in [2.24, 2.45) is 0 Å². The Morgan fingerprint density at radius 1 is 1.07 bits per heavy atom. The highest BCUT2D eigenvalue weighted by Gasteiger charge is 2.03. The second-order valence-corrected chi connectivity index (χ2v) is 3.95. The summed E-state index contributed by atoms with van der Waals surface area (Å²) in [5, 5.41) is 2.69. The minimum atomic E-state index is 1.08. The van der Waals surface area contributed by atoms with Crippen molar-refractivity contribution in [2.45, 2.75) is 20.3 Å². The molecular formula is C15H16. The Labute approximate surface area is 91.2 Å². The van der Waals surface area contributed by atoms with Crippen LogP contribution in [-0.2, 0) is 6.42 Å². The number of allylic oxidation sites excluding steroid dienone is 1. The molecule has 0 aliphatic rings. The lowest BCUT2D eigenvalue weighted by molar-refractivity contribution is 1.16. The highest BCUT2D eigenvalue weighted by atomic mass is 14.1. The Hall–Kier alpha value is -1.56. The van der Waals surface area contributed by atoms with E-state index in [9.17, 15) is 0 Å². The summed E-state index contributed by atoms with van der Waals surface area (Å²) in [6.45, 7) is 8.29. The van der Waals surface area contributed by atoms with E-state index >= 15 is 0 Å². The van der Waals surface area contributed by atoms with Gasteiger partial charge in [-0.25, -0.2) is 0 Å². The van der Waals surface area contributed by atoms with Crippen LogP contribution in [0.4, 0.5) is 0 Å². The average Bonchev–Trinajstić information content (AvgIpc) is 2.27. The lowest BCUT2D eigenvalue weighted by Gasteiger charge is -2.09. The third kappa shape index (κ3) is 1.68. The van der Waals surface area contributed by atoms with E-state index in [1.807, 2.05) is 0 Å². The van der Waals surface area contributed by atoms with Crippen LogP contribution in [0.15, 0.2) is 43.0 Å². The lowest BCUT2D eigenvalue weighted by atomic mass is 9.96. The van der Waals surface area contributed by atoms with Gasteiger partial charge in [0.15, 0.2) is 0 Å². The van der Waals surface area contributed by atoms with Crippen molar-refractivity contribution in [2.75, 3.05) is 0 Å². The Morgan fingerprint density at radius 2 is 1.73 bits per heavy atom. The maximum Gasteiger partial charge on any atom is -0.0106 e. The molecule has 2 aromatic rings. The van der Waals surface area contributed by atoms with Gasteiger partial charge in [0.25, 0.3) is 0 Å². The monoisotopic (exact) mass is 196 g/mol. The van der Waals surface area contributed by atoms with Gasteiger partial charge in [-0.1, -0.05) is 55.5 Å². The molecule has 0 heteroatoms. The van der Waals surface area contributed by atoms with Crippen LogP contribution in [0.25, 0.3) is 16.3 Å². The molecule has 0 nitrogen and oxygen atoms in total. The summed E-state index contributed by atoms with van der Waals surface area (Å²) >= 11 is 0. The molecule has 0 atom stereocenters. The Morgan fingerprint density at radius 3 is 2.40 bits per heavy atom. The molecule has 0 N–H and O–H groups in total. The number of hydrogen-bond donors (Lipinski definition) is 0. The van der Waals surface area contributed by atoms with Crippen LogP contribution in [0.5, 0.6) is 0 Å². The van der Waals surface area contributed by atoms with Gasteiger partial charge in [0.05, 0.1) is 0 Å². The van der Waals surface area contributed by atoms with Crippen LogP contribution in [0, 0.1) is 0 Å². The summed E-state index contributed by atoms with van der Waals surface area (Å²) < 4.78 is 0. The van der Waals surface area contributed by atoms with Gasteiger partial charge in [0.1, 0.15) is 0 Å². The van der Waals surface area contributed by atoms with E-state index in [4.69, 9.17) is 0 Å². The molecular weight excluding hydrogens is 180 g/mol. The SMILES string of the molecule is C=C(C)c1cccc2c(CC)cccc12. The van der Waals surface area contributed by atoms with Gasteiger partial charge in [-0.2, -0.15) is 0 Å². The van der Waals surface area contributed by atoms with Crippen molar-refractivity contribution in [1.29, 1.82) is 0 Å². The van der Waals surface area contributed by atoms with Crippen molar-refractivity contribution in [3.63, 3.8) is 0 Å². The van der Waals surface area contributed by atoms with E-state index in [0.29, 0.717) is 0 Å². The number of benzene rings is 2. The van der Waals surface area contributed by atoms with Gasteiger partial charge in [-0.15, -0.1) is 0 Å². The normalized spacial score (nSPS) is 10.5. The molecule has 0 unspecified atom stereocenters.